The molecule has 0 aliphatic heterocycles. The van der Waals surface area contributed by atoms with Gasteiger partial charge in [-0.15, -0.1) is 11.3 Å². The van der Waals surface area contributed by atoms with Crippen molar-refractivity contribution >= 4 is 11.3 Å². The third-order valence-electron chi connectivity index (χ3n) is 4.28. The molecule has 114 valence electrons. The van der Waals surface area contributed by atoms with Crippen LogP contribution in [0.5, 0.6) is 0 Å². The molecule has 0 spiro atoms. The van der Waals surface area contributed by atoms with E-state index in [4.69, 9.17) is 9.72 Å². The number of hydrogen-bond donors (Lipinski definition) is 1. The Morgan fingerprint density at radius 3 is 2.75 bits per heavy atom. The minimum Gasteiger partial charge on any atom is -0.379 e. The third kappa shape index (κ3) is 2.92. The van der Waals surface area contributed by atoms with Gasteiger partial charge in [-0.3, -0.25) is 0 Å². The van der Waals surface area contributed by atoms with Crippen LogP contribution in [0.2, 0.25) is 0 Å². The number of ether oxygens (including phenoxy) is 1. The molecule has 0 amide bonds. The number of rotatable bonds is 5. The second-order valence-electron chi connectivity index (χ2n) is 6.12. The second kappa shape index (κ2) is 6.54. The first-order valence-electron chi connectivity index (χ1n) is 7.80. The van der Waals surface area contributed by atoms with Crippen LogP contribution in [0.4, 0.5) is 0 Å². The molecular formula is C16H28N2OS. The first-order valence-corrected chi connectivity index (χ1v) is 8.62. The third-order valence-corrected chi connectivity index (χ3v) is 5.47. The normalized spacial score (nSPS) is 27.2. The summed E-state index contributed by atoms with van der Waals surface area (Å²) in [6.07, 6.45) is 5.99. The topological polar surface area (TPSA) is 34.2 Å². The lowest BCUT2D eigenvalue weighted by atomic mass is 9.78. The Morgan fingerprint density at radius 2 is 2.20 bits per heavy atom. The van der Waals surface area contributed by atoms with Crippen molar-refractivity contribution < 1.29 is 4.74 Å². The summed E-state index contributed by atoms with van der Waals surface area (Å²) < 4.78 is 5.85. The summed E-state index contributed by atoms with van der Waals surface area (Å²) in [5.41, 5.74) is 1.15. The zero-order chi connectivity index (χ0) is 14.8. The lowest BCUT2D eigenvalue weighted by molar-refractivity contribution is -0.0194. The number of hydrogen-bond acceptors (Lipinski definition) is 4. The largest absolute Gasteiger partial charge is 0.379 e. The molecule has 4 heteroatoms. The molecule has 0 radical (unpaired) electrons. The summed E-state index contributed by atoms with van der Waals surface area (Å²) in [5, 5.41) is 5.03. The van der Waals surface area contributed by atoms with Crippen molar-refractivity contribution in [3.05, 3.63) is 15.6 Å². The maximum atomic E-state index is 5.85. The van der Waals surface area contributed by atoms with E-state index in [1.807, 2.05) is 18.4 Å². The predicted molar refractivity (Wildman–Crippen MR) is 85.4 cm³/mol. The van der Waals surface area contributed by atoms with E-state index in [0.29, 0.717) is 6.04 Å². The number of aryl methyl sites for hydroxylation is 2. The Labute approximate surface area is 127 Å². The van der Waals surface area contributed by atoms with Gasteiger partial charge in [-0.1, -0.05) is 19.8 Å². The van der Waals surface area contributed by atoms with Crippen LogP contribution in [0.1, 0.15) is 62.0 Å². The summed E-state index contributed by atoms with van der Waals surface area (Å²) in [4.78, 5) is 6.31. The SMILES string of the molecule is CCc1nc(C2(NC(C)C)CCCCC2OC)sc1C. The molecule has 2 rings (SSSR count). The molecule has 2 atom stereocenters. The first-order chi connectivity index (χ1) is 9.53. The molecule has 0 saturated heterocycles. The molecule has 0 aromatic carbocycles. The molecule has 1 N–H and O–H groups in total. The maximum Gasteiger partial charge on any atom is 0.116 e. The fourth-order valence-corrected chi connectivity index (χ4v) is 4.62. The van der Waals surface area contributed by atoms with Crippen LogP contribution in [0.3, 0.4) is 0 Å². The highest BCUT2D eigenvalue weighted by atomic mass is 32.1. The Kier molecular flexibility index (Phi) is 5.21. The van der Waals surface area contributed by atoms with Gasteiger partial charge in [0.2, 0.25) is 0 Å². The number of nitrogens with one attached hydrogen (secondary N) is 1. The van der Waals surface area contributed by atoms with Crippen molar-refractivity contribution in [3.8, 4) is 0 Å². The quantitative estimate of drug-likeness (QED) is 0.897. The van der Waals surface area contributed by atoms with E-state index in [1.54, 1.807) is 0 Å². The van der Waals surface area contributed by atoms with Gasteiger partial charge in [-0.25, -0.2) is 4.98 Å². The van der Waals surface area contributed by atoms with Crippen LogP contribution in [-0.4, -0.2) is 24.2 Å². The van der Waals surface area contributed by atoms with Gasteiger partial charge in [-0.2, -0.15) is 0 Å². The average molecular weight is 296 g/mol. The molecule has 20 heavy (non-hydrogen) atoms. The van der Waals surface area contributed by atoms with Crippen LogP contribution in [0, 0.1) is 6.92 Å². The molecule has 2 unspecified atom stereocenters. The Morgan fingerprint density at radius 1 is 1.45 bits per heavy atom. The molecule has 3 nitrogen and oxygen atoms in total. The molecule has 1 aromatic heterocycles. The highest BCUT2D eigenvalue weighted by molar-refractivity contribution is 7.11. The van der Waals surface area contributed by atoms with Gasteiger partial charge in [0.1, 0.15) is 5.01 Å². The van der Waals surface area contributed by atoms with Crippen LogP contribution in [0.25, 0.3) is 0 Å². The fraction of sp³-hybridized carbons (Fsp3) is 0.812. The molecule has 1 fully saturated rings. The minimum atomic E-state index is -0.0932. The molecule has 1 aromatic rings. The molecule has 1 heterocycles. The Bertz CT molecular complexity index is 444. The smallest absolute Gasteiger partial charge is 0.116 e. The molecular weight excluding hydrogens is 268 g/mol. The number of nitrogens with zero attached hydrogens (tertiary/aromatic N) is 1. The summed E-state index contributed by atoms with van der Waals surface area (Å²) in [6.45, 7) is 8.80. The molecule has 1 aliphatic carbocycles. The molecule has 1 saturated carbocycles. The summed E-state index contributed by atoms with van der Waals surface area (Å²) in [5.74, 6) is 0. The van der Waals surface area contributed by atoms with E-state index < -0.39 is 0 Å². The van der Waals surface area contributed by atoms with Crippen LogP contribution >= 0.6 is 11.3 Å². The van der Waals surface area contributed by atoms with Gasteiger partial charge < -0.3 is 10.1 Å². The van der Waals surface area contributed by atoms with Crippen molar-refractivity contribution in [1.82, 2.24) is 10.3 Å². The number of aromatic nitrogens is 1. The predicted octanol–water partition coefficient (Wildman–Crippen LogP) is 3.80. The lowest BCUT2D eigenvalue weighted by Crippen LogP contribution is -2.56. The summed E-state index contributed by atoms with van der Waals surface area (Å²) in [6, 6.07) is 0.431. The van der Waals surface area contributed by atoms with Gasteiger partial charge in [0.15, 0.2) is 0 Å². The van der Waals surface area contributed by atoms with Gasteiger partial charge in [0.05, 0.1) is 17.3 Å². The highest BCUT2D eigenvalue weighted by Gasteiger charge is 2.45. The second-order valence-corrected chi connectivity index (χ2v) is 7.32. The van der Waals surface area contributed by atoms with E-state index >= 15 is 0 Å². The van der Waals surface area contributed by atoms with E-state index in [-0.39, 0.29) is 11.6 Å². The van der Waals surface area contributed by atoms with Crippen molar-refractivity contribution in [2.75, 3.05) is 7.11 Å². The van der Waals surface area contributed by atoms with Crippen molar-refractivity contribution in [1.29, 1.82) is 0 Å². The molecule has 1 aliphatic rings. The van der Waals surface area contributed by atoms with Crippen molar-refractivity contribution in [2.24, 2.45) is 0 Å². The standard InChI is InChI=1S/C16H28N2OS/c1-6-13-12(4)20-15(17-13)16(18-11(2)3)10-8-7-9-14(16)19-5/h11,14,18H,6-10H2,1-5H3. The summed E-state index contributed by atoms with van der Waals surface area (Å²) in [7, 11) is 1.84. The van der Waals surface area contributed by atoms with Crippen LogP contribution in [-0.2, 0) is 16.7 Å². The molecule has 0 bridgehead atoms. The summed E-state index contributed by atoms with van der Waals surface area (Å²) >= 11 is 1.85. The fourth-order valence-electron chi connectivity index (χ4n) is 3.39. The van der Waals surface area contributed by atoms with E-state index in [2.05, 4.69) is 33.0 Å². The monoisotopic (exact) mass is 296 g/mol. The van der Waals surface area contributed by atoms with E-state index in [9.17, 15) is 0 Å². The lowest BCUT2D eigenvalue weighted by Gasteiger charge is -2.44. The number of thiazole rings is 1. The first kappa shape index (κ1) is 15.9. The van der Waals surface area contributed by atoms with Gasteiger partial charge >= 0.3 is 0 Å². The van der Waals surface area contributed by atoms with Crippen molar-refractivity contribution in [3.63, 3.8) is 0 Å². The minimum absolute atomic E-state index is 0.0932. The van der Waals surface area contributed by atoms with Crippen molar-refractivity contribution in [2.45, 2.75) is 77.5 Å². The zero-order valence-electron chi connectivity index (χ0n) is 13.5. The van der Waals surface area contributed by atoms with E-state index in [1.165, 1.54) is 28.4 Å². The van der Waals surface area contributed by atoms with Gasteiger partial charge in [-0.05, 0) is 40.0 Å². The van der Waals surface area contributed by atoms with Gasteiger partial charge in [0.25, 0.3) is 0 Å². The Balaban J connectivity index is 2.43. The van der Waals surface area contributed by atoms with Crippen LogP contribution < -0.4 is 5.32 Å². The maximum absolute atomic E-state index is 5.85. The van der Waals surface area contributed by atoms with E-state index in [0.717, 1.165) is 19.3 Å². The average Bonchev–Trinajstić information content (AvgIpc) is 2.80. The number of methoxy groups -OCH3 is 1. The van der Waals surface area contributed by atoms with Crippen LogP contribution in [0.15, 0.2) is 0 Å². The Hall–Kier alpha value is -0.450. The highest BCUT2D eigenvalue weighted by Crippen LogP contribution is 2.41. The van der Waals surface area contributed by atoms with Gasteiger partial charge in [0, 0.05) is 18.0 Å². The zero-order valence-corrected chi connectivity index (χ0v) is 14.3.